The number of ether oxygens (including phenoxy) is 1. The molecule has 1 N–H and O–H groups in total. The fourth-order valence-corrected chi connectivity index (χ4v) is 4.01. The zero-order valence-corrected chi connectivity index (χ0v) is 17.5. The fourth-order valence-electron chi connectivity index (χ4n) is 2.97. The molecule has 6 nitrogen and oxygen atoms in total. The third-order valence-electron chi connectivity index (χ3n) is 4.49. The van der Waals surface area contributed by atoms with Gasteiger partial charge in [-0.05, 0) is 48.7 Å². The van der Waals surface area contributed by atoms with Crippen molar-refractivity contribution < 1.29 is 27.2 Å². The third kappa shape index (κ3) is 5.18. The number of carboxylic acids is 1. The van der Waals surface area contributed by atoms with Gasteiger partial charge < -0.3 is 14.0 Å². The molecule has 0 aliphatic carbocycles. The van der Waals surface area contributed by atoms with Crippen LogP contribution >= 0.6 is 0 Å². The lowest BCUT2D eigenvalue weighted by Crippen LogP contribution is -2.13. The molecule has 0 aliphatic rings. The average Bonchev–Trinajstić information content (AvgIpc) is 2.70. The van der Waals surface area contributed by atoms with Crippen molar-refractivity contribution in [3.63, 3.8) is 0 Å². The molecule has 0 saturated heterocycles. The van der Waals surface area contributed by atoms with Crippen molar-refractivity contribution >= 4 is 16.1 Å². The van der Waals surface area contributed by atoms with Crippen molar-refractivity contribution in [3.8, 4) is 11.5 Å². The van der Waals surface area contributed by atoms with Crippen LogP contribution < -0.4 is 8.92 Å². The molecule has 0 saturated carbocycles. The van der Waals surface area contributed by atoms with Crippen LogP contribution in [0.2, 0.25) is 0 Å². The Morgan fingerprint density at radius 1 is 0.967 bits per heavy atom. The van der Waals surface area contributed by atoms with Crippen molar-refractivity contribution in [2.45, 2.75) is 31.8 Å². The first kappa shape index (κ1) is 21.4. The number of carbonyl (C=O) groups is 1. The molecule has 0 unspecified atom stereocenters. The molecule has 0 amide bonds. The van der Waals surface area contributed by atoms with Gasteiger partial charge in [0.2, 0.25) is 0 Å². The molecule has 0 aromatic heterocycles. The largest absolute Gasteiger partial charge is 0.485 e. The van der Waals surface area contributed by atoms with Crippen LogP contribution in [0.5, 0.6) is 11.5 Å². The topological polar surface area (TPSA) is 89.9 Å². The molecule has 3 aromatic carbocycles. The van der Waals surface area contributed by atoms with Gasteiger partial charge in [0.1, 0.15) is 11.5 Å². The molecule has 0 fully saturated rings. The zero-order chi connectivity index (χ0) is 21.7. The SMILES string of the molecule is Cc1cccc(S(=O)(=O)Oc2ccc(C)c(CC(=O)O)c2OCc2ccccc2)c1. The summed E-state index contributed by atoms with van der Waals surface area (Å²) in [6.07, 6.45) is -0.322. The van der Waals surface area contributed by atoms with Crippen LogP contribution in [-0.4, -0.2) is 19.5 Å². The van der Waals surface area contributed by atoms with Crippen molar-refractivity contribution in [2.24, 2.45) is 0 Å². The van der Waals surface area contributed by atoms with Crippen molar-refractivity contribution in [1.29, 1.82) is 0 Å². The quantitative estimate of drug-likeness (QED) is 0.541. The summed E-state index contributed by atoms with van der Waals surface area (Å²) < 4.78 is 36.9. The molecule has 0 spiro atoms. The van der Waals surface area contributed by atoms with E-state index in [0.717, 1.165) is 11.1 Å². The fraction of sp³-hybridized carbons (Fsp3) is 0.174. The molecule has 7 heteroatoms. The summed E-state index contributed by atoms with van der Waals surface area (Å²) in [4.78, 5) is 11.4. The number of benzene rings is 3. The molecule has 0 atom stereocenters. The number of aryl methyl sites for hydroxylation is 2. The number of hydrogen-bond acceptors (Lipinski definition) is 5. The summed E-state index contributed by atoms with van der Waals surface area (Å²) in [5.74, 6) is -0.992. The number of carboxylic acid groups (broad SMARTS) is 1. The second kappa shape index (κ2) is 9.00. The summed E-state index contributed by atoms with van der Waals surface area (Å²) in [7, 11) is -4.13. The van der Waals surface area contributed by atoms with Crippen LogP contribution in [0.1, 0.15) is 22.3 Å². The second-order valence-electron chi connectivity index (χ2n) is 6.89. The Morgan fingerprint density at radius 2 is 1.70 bits per heavy atom. The lowest BCUT2D eigenvalue weighted by atomic mass is 10.0. The van der Waals surface area contributed by atoms with Gasteiger partial charge in [0.05, 0.1) is 6.42 Å². The lowest BCUT2D eigenvalue weighted by molar-refractivity contribution is -0.136. The highest BCUT2D eigenvalue weighted by molar-refractivity contribution is 7.87. The minimum absolute atomic E-state index is 0.0110. The van der Waals surface area contributed by atoms with Crippen LogP contribution in [0.3, 0.4) is 0 Å². The van der Waals surface area contributed by atoms with E-state index in [1.807, 2.05) is 30.3 Å². The van der Waals surface area contributed by atoms with Gasteiger partial charge in [-0.3, -0.25) is 4.79 Å². The Bertz CT molecular complexity index is 1150. The second-order valence-corrected chi connectivity index (χ2v) is 8.43. The summed E-state index contributed by atoms with van der Waals surface area (Å²) in [5, 5.41) is 9.32. The molecule has 0 heterocycles. The first-order valence-electron chi connectivity index (χ1n) is 9.28. The molecule has 0 aliphatic heterocycles. The van der Waals surface area contributed by atoms with E-state index in [1.54, 1.807) is 32.0 Å². The minimum Gasteiger partial charge on any atom is -0.485 e. The normalized spacial score (nSPS) is 11.1. The highest BCUT2D eigenvalue weighted by atomic mass is 32.2. The Balaban J connectivity index is 2.01. The van der Waals surface area contributed by atoms with E-state index in [2.05, 4.69) is 0 Å². The van der Waals surface area contributed by atoms with E-state index in [4.69, 9.17) is 8.92 Å². The van der Waals surface area contributed by atoms with Crippen molar-refractivity contribution in [2.75, 3.05) is 0 Å². The van der Waals surface area contributed by atoms with Gasteiger partial charge in [0, 0.05) is 5.56 Å². The van der Waals surface area contributed by atoms with E-state index in [0.29, 0.717) is 11.1 Å². The highest BCUT2D eigenvalue weighted by Crippen LogP contribution is 2.36. The number of hydrogen-bond donors (Lipinski definition) is 1. The maximum Gasteiger partial charge on any atom is 0.339 e. The number of rotatable bonds is 8. The Hall–Kier alpha value is -3.32. The molecular weight excluding hydrogens is 404 g/mol. The summed E-state index contributed by atoms with van der Waals surface area (Å²) >= 11 is 0. The molecule has 3 aromatic rings. The van der Waals surface area contributed by atoms with E-state index in [1.165, 1.54) is 18.2 Å². The van der Waals surface area contributed by atoms with E-state index >= 15 is 0 Å². The molecule has 3 rings (SSSR count). The van der Waals surface area contributed by atoms with E-state index < -0.39 is 16.1 Å². The summed E-state index contributed by atoms with van der Waals surface area (Å²) in [6.45, 7) is 3.66. The predicted octanol–water partition coefficient (Wildman–Crippen LogP) is 4.28. The molecule has 156 valence electrons. The monoisotopic (exact) mass is 426 g/mol. The summed E-state index contributed by atoms with van der Waals surface area (Å²) in [6, 6.07) is 18.8. The maximum absolute atomic E-state index is 12.8. The Kier molecular flexibility index (Phi) is 6.42. The number of aliphatic carboxylic acids is 1. The summed E-state index contributed by atoms with van der Waals surface area (Å²) in [5.41, 5.74) is 2.67. The van der Waals surface area contributed by atoms with E-state index in [9.17, 15) is 18.3 Å². The molecule has 0 radical (unpaired) electrons. The molecular formula is C23H22O6S. The van der Waals surface area contributed by atoms with Crippen LogP contribution in [0.4, 0.5) is 0 Å². The molecule has 30 heavy (non-hydrogen) atoms. The minimum atomic E-state index is -4.13. The maximum atomic E-state index is 12.8. The van der Waals surface area contributed by atoms with Gasteiger partial charge in [-0.1, -0.05) is 48.5 Å². The van der Waals surface area contributed by atoms with E-state index in [-0.39, 0.29) is 29.4 Å². The Morgan fingerprint density at radius 3 is 2.37 bits per heavy atom. The predicted molar refractivity (Wildman–Crippen MR) is 112 cm³/mol. The highest BCUT2D eigenvalue weighted by Gasteiger charge is 2.23. The molecule has 0 bridgehead atoms. The van der Waals surface area contributed by atoms with Gasteiger partial charge >= 0.3 is 16.1 Å². The lowest BCUT2D eigenvalue weighted by Gasteiger charge is -2.17. The first-order chi connectivity index (χ1) is 14.3. The van der Waals surface area contributed by atoms with Gasteiger partial charge in [0.25, 0.3) is 0 Å². The van der Waals surface area contributed by atoms with Crippen molar-refractivity contribution in [1.82, 2.24) is 0 Å². The van der Waals surface area contributed by atoms with Crippen LogP contribution in [0.15, 0.2) is 71.6 Å². The van der Waals surface area contributed by atoms with Gasteiger partial charge in [-0.2, -0.15) is 8.42 Å². The average molecular weight is 426 g/mol. The zero-order valence-electron chi connectivity index (χ0n) is 16.7. The first-order valence-corrected chi connectivity index (χ1v) is 10.7. The van der Waals surface area contributed by atoms with Gasteiger partial charge in [-0.25, -0.2) is 0 Å². The van der Waals surface area contributed by atoms with Crippen LogP contribution in [-0.2, 0) is 27.9 Å². The third-order valence-corrected chi connectivity index (χ3v) is 5.72. The standard InChI is InChI=1S/C23H22O6S/c1-16-7-6-10-19(13-16)30(26,27)29-21-12-11-17(2)20(14-22(24)25)23(21)28-15-18-8-4-3-5-9-18/h3-13H,14-15H2,1-2H3,(H,24,25). The van der Waals surface area contributed by atoms with Crippen LogP contribution in [0.25, 0.3) is 0 Å². The van der Waals surface area contributed by atoms with Gasteiger partial charge in [0.15, 0.2) is 11.5 Å². The van der Waals surface area contributed by atoms with Crippen LogP contribution in [0, 0.1) is 13.8 Å². The van der Waals surface area contributed by atoms with Gasteiger partial charge in [-0.15, -0.1) is 0 Å². The van der Waals surface area contributed by atoms with Crippen molar-refractivity contribution in [3.05, 3.63) is 89.0 Å². The smallest absolute Gasteiger partial charge is 0.339 e. The Labute approximate surface area is 175 Å².